The minimum absolute atomic E-state index is 0.0302. The lowest BCUT2D eigenvalue weighted by Gasteiger charge is -2.50. The standard InChI is InChI=1S/C20H28N6O3/c1-3-4-14-11-16(24-23-14)19(28)25-9-6-20(7-10-25)18-15(21-13-22-18)5-8-26(20)17(27)12-29-2/h11,13H,3-10,12H2,1-2H3,(H,21,22)(H,23,24). The number of piperidine rings is 1. The number of hydrogen-bond acceptors (Lipinski definition) is 5. The van der Waals surface area contributed by atoms with E-state index < -0.39 is 5.54 Å². The maximum Gasteiger partial charge on any atom is 0.274 e. The van der Waals surface area contributed by atoms with Crippen LogP contribution in [0.4, 0.5) is 0 Å². The van der Waals surface area contributed by atoms with Gasteiger partial charge < -0.3 is 19.5 Å². The average molecular weight is 400 g/mol. The van der Waals surface area contributed by atoms with Gasteiger partial charge in [-0.3, -0.25) is 14.7 Å². The number of nitrogens with zero attached hydrogens (tertiary/aromatic N) is 4. The van der Waals surface area contributed by atoms with Crippen LogP contribution in [0.25, 0.3) is 0 Å². The molecule has 9 nitrogen and oxygen atoms in total. The first kappa shape index (κ1) is 19.6. The molecule has 1 fully saturated rings. The third kappa shape index (κ3) is 3.43. The summed E-state index contributed by atoms with van der Waals surface area (Å²) in [5.74, 6) is -0.0938. The van der Waals surface area contributed by atoms with Gasteiger partial charge >= 0.3 is 0 Å². The molecule has 0 aromatic carbocycles. The number of aromatic nitrogens is 4. The summed E-state index contributed by atoms with van der Waals surface area (Å²) in [6, 6.07) is 1.84. The minimum Gasteiger partial charge on any atom is -0.375 e. The Morgan fingerprint density at radius 2 is 2.07 bits per heavy atom. The summed E-state index contributed by atoms with van der Waals surface area (Å²) in [6.07, 6.45) is 5.63. The number of amides is 2. The van der Waals surface area contributed by atoms with Crippen LogP contribution in [0.5, 0.6) is 0 Å². The summed E-state index contributed by atoms with van der Waals surface area (Å²) in [4.78, 5) is 37.2. The molecule has 4 heterocycles. The molecule has 2 aliphatic rings. The van der Waals surface area contributed by atoms with E-state index in [0.29, 0.717) is 38.2 Å². The van der Waals surface area contributed by atoms with Crippen LogP contribution in [0.3, 0.4) is 0 Å². The Kier molecular flexibility index (Phi) is 5.40. The van der Waals surface area contributed by atoms with E-state index in [4.69, 9.17) is 4.74 Å². The Bertz CT molecular complexity index is 880. The van der Waals surface area contributed by atoms with Crippen LogP contribution >= 0.6 is 0 Å². The molecule has 0 atom stereocenters. The molecular weight excluding hydrogens is 372 g/mol. The number of rotatable bonds is 5. The van der Waals surface area contributed by atoms with Gasteiger partial charge in [-0.1, -0.05) is 13.3 Å². The zero-order valence-corrected chi connectivity index (χ0v) is 17.0. The molecule has 2 aliphatic heterocycles. The number of carbonyl (C=O) groups is 2. The van der Waals surface area contributed by atoms with E-state index in [0.717, 1.165) is 36.3 Å². The maximum atomic E-state index is 12.9. The van der Waals surface area contributed by atoms with Crippen LogP contribution in [0.1, 0.15) is 53.8 Å². The highest BCUT2D eigenvalue weighted by Gasteiger charge is 2.49. The highest BCUT2D eigenvalue weighted by Crippen LogP contribution is 2.42. The van der Waals surface area contributed by atoms with Gasteiger partial charge in [-0.2, -0.15) is 5.10 Å². The summed E-state index contributed by atoms with van der Waals surface area (Å²) < 4.78 is 5.10. The third-order valence-corrected chi connectivity index (χ3v) is 6.08. The molecule has 9 heteroatoms. The van der Waals surface area contributed by atoms with Crippen molar-refractivity contribution in [2.75, 3.05) is 33.4 Å². The number of aryl methyl sites for hydroxylation is 1. The fourth-order valence-electron chi connectivity index (χ4n) is 4.66. The van der Waals surface area contributed by atoms with Crippen LogP contribution < -0.4 is 0 Å². The zero-order valence-electron chi connectivity index (χ0n) is 17.0. The van der Waals surface area contributed by atoms with Crippen molar-refractivity contribution in [1.82, 2.24) is 30.0 Å². The molecule has 0 saturated carbocycles. The van der Waals surface area contributed by atoms with Crippen molar-refractivity contribution in [2.45, 2.75) is 44.6 Å². The summed E-state index contributed by atoms with van der Waals surface area (Å²) in [6.45, 7) is 3.88. The van der Waals surface area contributed by atoms with E-state index in [1.54, 1.807) is 6.33 Å². The van der Waals surface area contributed by atoms with Crippen LogP contribution in [0, 0.1) is 0 Å². The Labute approximate surface area is 169 Å². The Hall–Kier alpha value is -2.68. The van der Waals surface area contributed by atoms with Crippen LogP contribution in [-0.2, 0) is 27.9 Å². The predicted octanol–water partition coefficient (Wildman–Crippen LogP) is 1.25. The number of imidazole rings is 1. The largest absolute Gasteiger partial charge is 0.375 e. The van der Waals surface area contributed by atoms with Crippen molar-refractivity contribution >= 4 is 11.8 Å². The van der Waals surface area contributed by atoms with E-state index in [1.807, 2.05) is 15.9 Å². The second kappa shape index (κ2) is 7.98. The quantitative estimate of drug-likeness (QED) is 0.785. The summed E-state index contributed by atoms with van der Waals surface area (Å²) in [5.41, 5.74) is 2.97. The van der Waals surface area contributed by atoms with Crippen molar-refractivity contribution in [3.63, 3.8) is 0 Å². The van der Waals surface area contributed by atoms with Crippen molar-refractivity contribution in [3.8, 4) is 0 Å². The molecule has 4 rings (SSSR count). The number of aromatic amines is 2. The smallest absolute Gasteiger partial charge is 0.274 e. The second-order valence-electron chi connectivity index (χ2n) is 7.81. The second-order valence-corrected chi connectivity index (χ2v) is 7.81. The number of hydrogen-bond donors (Lipinski definition) is 2. The van der Waals surface area contributed by atoms with E-state index in [1.165, 1.54) is 7.11 Å². The lowest BCUT2D eigenvalue weighted by molar-refractivity contribution is -0.145. The molecular formula is C20H28N6O3. The van der Waals surface area contributed by atoms with Gasteiger partial charge in [0.15, 0.2) is 0 Å². The van der Waals surface area contributed by atoms with Crippen molar-refractivity contribution < 1.29 is 14.3 Å². The highest BCUT2D eigenvalue weighted by atomic mass is 16.5. The number of carbonyl (C=O) groups excluding carboxylic acids is 2. The van der Waals surface area contributed by atoms with Crippen molar-refractivity contribution in [2.24, 2.45) is 0 Å². The average Bonchev–Trinajstić information content (AvgIpc) is 3.39. The number of likely N-dealkylation sites (tertiary alicyclic amines) is 1. The molecule has 1 spiro atoms. The maximum absolute atomic E-state index is 12.9. The predicted molar refractivity (Wildman–Crippen MR) is 105 cm³/mol. The normalized spacial score (nSPS) is 18.1. The Balaban J connectivity index is 1.53. The lowest BCUT2D eigenvalue weighted by atomic mass is 9.78. The monoisotopic (exact) mass is 400 g/mol. The van der Waals surface area contributed by atoms with E-state index in [-0.39, 0.29) is 18.4 Å². The number of fused-ring (bicyclic) bond motifs is 2. The van der Waals surface area contributed by atoms with Gasteiger partial charge in [-0.15, -0.1) is 0 Å². The molecule has 1 saturated heterocycles. The SMILES string of the molecule is CCCc1cc(C(=O)N2CCC3(CC2)c2nc[nH]c2CCN3C(=O)COC)n[nH]1. The van der Waals surface area contributed by atoms with Crippen LogP contribution in [-0.4, -0.2) is 75.1 Å². The zero-order chi connectivity index (χ0) is 20.4. The van der Waals surface area contributed by atoms with Crippen LogP contribution in [0.15, 0.2) is 12.4 Å². The van der Waals surface area contributed by atoms with Gasteiger partial charge in [0.05, 0.1) is 17.6 Å². The molecule has 2 N–H and O–H groups in total. The van der Waals surface area contributed by atoms with Crippen molar-refractivity contribution in [3.05, 3.63) is 35.2 Å². The van der Waals surface area contributed by atoms with Gasteiger partial charge in [-0.25, -0.2) is 4.98 Å². The molecule has 0 aliphatic carbocycles. The number of H-pyrrole nitrogens is 2. The van der Waals surface area contributed by atoms with Gasteiger partial charge in [0.1, 0.15) is 12.3 Å². The van der Waals surface area contributed by atoms with Crippen molar-refractivity contribution in [1.29, 1.82) is 0 Å². The molecule has 2 aromatic heterocycles. The molecule has 0 unspecified atom stereocenters. The molecule has 2 amide bonds. The summed E-state index contributed by atoms with van der Waals surface area (Å²) in [5, 5.41) is 7.15. The molecule has 0 bridgehead atoms. The van der Waals surface area contributed by atoms with Crippen LogP contribution in [0.2, 0.25) is 0 Å². The topological polar surface area (TPSA) is 107 Å². The number of methoxy groups -OCH3 is 1. The number of ether oxygens (including phenoxy) is 1. The van der Waals surface area contributed by atoms with E-state index >= 15 is 0 Å². The third-order valence-electron chi connectivity index (χ3n) is 6.08. The summed E-state index contributed by atoms with van der Waals surface area (Å²) >= 11 is 0. The van der Waals surface area contributed by atoms with Gasteiger partial charge in [0, 0.05) is 44.6 Å². The summed E-state index contributed by atoms with van der Waals surface area (Å²) in [7, 11) is 1.53. The van der Waals surface area contributed by atoms with Gasteiger partial charge in [0.2, 0.25) is 5.91 Å². The Morgan fingerprint density at radius 1 is 1.28 bits per heavy atom. The molecule has 2 aromatic rings. The molecule has 0 radical (unpaired) electrons. The molecule has 29 heavy (non-hydrogen) atoms. The number of nitrogens with one attached hydrogen (secondary N) is 2. The fourth-order valence-corrected chi connectivity index (χ4v) is 4.66. The molecule has 156 valence electrons. The minimum atomic E-state index is -0.487. The first-order valence-corrected chi connectivity index (χ1v) is 10.2. The van der Waals surface area contributed by atoms with E-state index in [2.05, 4.69) is 27.1 Å². The first-order chi connectivity index (χ1) is 14.1. The van der Waals surface area contributed by atoms with Gasteiger partial charge in [-0.05, 0) is 25.3 Å². The fraction of sp³-hybridized carbons (Fsp3) is 0.600. The Morgan fingerprint density at radius 3 is 2.79 bits per heavy atom. The first-order valence-electron chi connectivity index (χ1n) is 10.2. The lowest BCUT2D eigenvalue weighted by Crippen LogP contribution is -2.59. The van der Waals surface area contributed by atoms with E-state index in [9.17, 15) is 9.59 Å². The highest BCUT2D eigenvalue weighted by molar-refractivity contribution is 5.92. The van der Waals surface area contributed by atoms with Gasteiger partial charge in [0.25, 0.3) is 5.91 Å².